The van der Waals surface area contributed by atoms with Crippen molar-refractivity contribution in [1.29, 1.82) is 0 Å². The van der Waals surface area contributed by atoms with Crippen molar-refractivity contribution in [1.82, 2.24) is 5.32 Å². The lowest BCUT2D eigenvalue weighted by Gasteiger charge is -2.19. The maximum Gasteiger partial charge on any atom is 0.255 e. The smallest absolute Gasteiger partial charge is 0.255 e. The van der Waals surface area contributed by atoms with Gasteiger partial charge in [0.05, 0.1) is 10.9 Å². The summed E-state index contributed by atoms with van der Waals surface area (Å²) in [6.07, 6.45) is 3.55. The summed E-state index contributed by atoms with van der Waals surface area (Å²) in [6, 6.07) is 7.51. The molecule has 20 heavy (non-hydrogen) atoms. The molecule has 0 fully saturated rings. The molecule has 0 saturated carbocycles. The first-order chi connectivity index (χ1) is 9.67. The third kappa shape index (κ3) is 3.15. The van der Waals surface area contributed by atoms with Crippen LogP contribution in [0.2, 0.25) is 0 Å². The maximum atomic E-state index is 12.2. The predicted molar refractivity (Wildman–Crippen MR) is 82.3 cm³/mol. The van der Waals surface area contributed by atoms with Crippen LogP contribution in [0.4, 0.5) is 0 Å². The topological polar surface area (TPSA) is 42.2 Å². The Kier molecular flexibility index (Phi) is 5.07. The number of para-hydroxylation sites is 1. The van der Waals surface area contributed by atoms with E-state index in [2.05, 4.69) is 19.2 Å². The van der Waals surface area contributed by atoms with Gasteiger partial charge in [0.15, 0.2) is 0 Å². The number of furan rings is 1. The first-order valence-corrected chi connectivity index (χ1v) is 7.49. The molecular formula is C16H20ClNO2. The molecule has 108 valence electrons. The Labute approximate surface area is 124 Å². The van der Waals surface area contributed by atoms with Gasteiger partial charge in [-0.2, -0.15) is 0 Å². The predicted octanol–water partition coefficient (Wildman–Crippen LogP) is 4.21. The van der Waals surface area contributed by atoms with Crippen LogP contribution in [0.25, 0.3) is 11.0 Å². The second kappa shape index (κ2) is 6.80. The summed E-state index contributed by atoms with van der Waals surface area (Å²) in [4.78, 5) is 12.2. The van der Waals surface area contributed by atoms with Crippen LogP contribution in [-0.4, -0.2) is 17.8 Å². The third-order valence-corrected chi connectivity index (χ3v) is 4.25. The van der Waals surface area contributed by atoms with Gasteiger partial charge in [0.1, 0.15) is 11.8 Å². The molecule has 1 aromatic carbocycles. The highest BCUT2D eigenvalue weighted by Gasteiger charge is 2.18. The molecule has 2 aromatic rings. The molecule has 0 aliphatic carbocycles. The third-order valence-electron chi connectivity index (χ3n) is 3.74. The summed E-state index contributed by atoms with van der Waals surface area (Å²) in [7, 11) is 0. The SMILES string of the molecule is CCC(CC)C(Cl)CNC(=O)c1coc2ccccc12. The molecule has 0 bridgehead atoms. The molecule has 1 N–H and O–H groups in total. The molecule has 1 amide bonds. The average Bonchev–Trinajstić information content (AvgIpc) is 2.90. The number of carbonyl (C=O) groups excluding carboxylic acids is 1. The van der Waals surface area contributed by atoms with Crippen molar-refractivity contribution in [2.45, 2.75) is 32.1 Å². The number of hydrogen-bond acceptors (Lipinski definition) is 2. The van der Waals surface area contributed by atoms with Gasteiger partial charge in [-0.1, -0.05) is 44.9 Å². The van der Waals surface area contributed by atoms with Crippen LogP contribution in [0, 0.1) is 5.92 Å². The van der Waals surface area contributed by atoms with Crippen molar-refractivity contribution in [2.24, 2.45) is 5.92 Å². The normalized spacial score (nSPS) is 12.8. The minimum Gasteiger partial charge on any atom is -0.463 e. The van der Waals surface area contributed by atoms with Gasteiger partial charge in [-0.15, -0.1) is 11.6 Å². The number of amides is 1. The molecule has 0 saturated heterocycles. The highest BCUT2D eigenvalue weighted by Crippen LogP contribution is 2.21. The molecule has 0 aliphatic heterocycles. The first-order valence-electron chi connectivity index (χ1n) is 7.05. The second-order valence-corrected chi connectivity index (χ2v) is 5.51. The quantitative estimate of drug-likeness (QED) is 0.811. The molecule has 3 nitrogen and oxygen atoms in total. The van der Waals surface area contributed by atoms with Crippen LogP contribution in [-0.2, 0) is 0 Å². The van der Waals surface area contributed by atoms with E-state index in [1.54, 1.807) is 0 Å². The van der Waals surface area contributed by atoms with E-state index in [9.17, 15) is 4.79 Å². The Hall–Kier alpha value is -1.48. The van der Waals surface area contributed by atoms with Crippen molar-refractivity contribution in [2.75, 3.05) is 6.54 Å². The minimum absolute atomic E-state index is 0.0351. The Bertz CT molecular complexity index is 575. The zero-order valence-corrected chi connectivity index (χ0v) is 12.6. The molecule has 2 rings (SSSR count). The van der Waals surface area contributed by atoms with Crippen LogP contribution in [0.5, 0.6) is 0 Å². The van der Waals surface area contributed by atoms with Gasteiger partial charge in [-0.25, -0.2) is 0 Å². The summed E-state index contributed by atoms with van der Waals surface area (Å²) >= 11 is 6.33. The molecule has 0 spiro atoms. The number of rotatable bonds is 6. The fraction of sp³-hybridized carbons (Fsp3) is 0.438. The zero-order chi connectivity index (χ0) is 14.5. The number of halogens is 1. The van der Waals surface area contributed by atoms with Gasteiger partial charge in [0, 0.05) is 11.9 Å². The summed E-state index contributed by atoms with van der Waals surface area (Å²) < 4.78 is 5.37. The Morgan fingerprint density at radius 1 is 1.30 bits per heavy atom. The number of alkyl halides is 1. The lowest BCUT2D eigenvalue weighted by Crippen LogP contribution is -2.33. The summed E-state index contributed by atoms with van der Waals surface area (Å²) in [5.41, 5.74) is 1.29. The largest absolute Gasteiger partial charge is 0.463 e. The molecule has 1 unspecified atom stereocenters. The van der Waals surface area contributed by atoms with E-state index in [0.29, 0.717) is 18.0 Å². The highest BCUT2D eigenvalue weighted by molar-refractivity contribution is 6.21. The van der Waals surface area contributed by atoms with Gasteiger partial charge in [0.2, 0.25) is 0 Å². The fourth-order valence-electron chi connectivity index (χ4n) is 2.41. The Morgan fingerprint density at radius 3 is 2.70 bits per heavy atom. The lowest BCUT2D eigenvalue weighted by molar-refractivity contribution is 0.0952. The van der Waals surface area contributed by atoms with E-state index in [-0.39, 0.29) is 11.3 Å². The van der Waals surface area contributed by atoms with Gasteiger partial charge in [-0.05, 0) is 12.0 Å². The Morgan fingerprint density at radius 2 is 2.00 bits per heavy atom. The molecular weight excluding hydrogens is 274 g/mol. The number of nitrogens with one attached hydrogen (secondary N) is 1. The van der Waals surface area contributed by atoms with E-state index in [0.717, 1.165) is 23.8 Å². The first kappa shape index (κ1) is 14.9. The van der Waals surface area contributed by atoms with Crippen molar-refractivity contribution in [3.05, 3.63) is 36.1 Å². The number of benzene rings is 1. The minimum atomic E-state index is -0.133. The number of fused-ring (bicyclic) bond motifs is 1. The highest BCUT2D eigenvalue weighted by atomic mass is 35.5. The van der Waals surface area contributed by atoms with Crippen LogP contribution >= 0.6 is 11.6 Å². The van der Waals surface area contributed by atoms with Crippen LogP contribution in [0.3, 0.4) is 0 Å². The van der Waals surface area contributed by atoms with Crippen molar-refractivity contribution in [3.8, 4) is 0 Å². The summed E-state index contributed by atoms with van der Waals surface area (Å²) in [6.45, 7) is 4.72. The monoisotopic (exact) mass is 293 g/mol. The van der Waals surface area contributed by atoms with Crippen LogP contribution in [0.1, 0.15) is 37.0 Å². The van der Waals surface area contributed by atoms with Crippen molar-refractivity contribution >= 4 is 28.5 Å². The fourth-order valence-corrected chi connectivity index (χ4v) is 2.84. The number of carbonyl (C=O) groups is 1. The zero-order valence-electron chi connectivity index (χ0n) is 11.9. The molecule has 1 atom stereocenters. The molecule has 0 aliphatic rings. The van der Waals surface area contributed by atoms with E-state index in [1.807, 2.05) is 24.3 Å². The van der Waals surface area contributed by atoms with E-state index in [4.69, 9.17) is 16.0 Å². The standard InChI is InChI=1S/C16H20ClNO2/c1-3-11(4-2)14(17)9-18-16(19)13-10-20-15-8-6-5-7-12(13)15/h5-8,10-11,14H,3-4,9H2,1-2H3,(H,18,19). The van der Waals surface area contributed by atoms with Gasteiger partial charge in [-0.3, -0.25) is 4.79 Å². The molecule has 0 radical (unpaired) electrons. The maximum absolute atomic E-state index is 12.2. The van der Waals surface area contributed by atoms with Gasteiger partial charge >= 0.3 is 0 Å². The molecule has 1 heterocycles. The summed E-state index contributed by atoms with van der Waals surface area (Å²) in [5, 5.41) is 3.69. The summed E-state index contributed by atoms with van der Waals surface area (Å²) in [5.74, 6) is 0.296. The van der Waals surface area contributed by atoms with Crippen molar-refractivity contribution in [3.63, 3.8) is 0 Å². The van der Waals surface area contributed by atoms with E-state index in [1.165, 1.54) is 6.26 Å². The van der Waals surface area contributed by atoms with E-state index < -0.39 is 0 Å². The van der Waals surface area contributed by atoms with Crippen LogP contribution in [0.15, 0.2) is 34.9 Å². The second-order valence-electron chi connectivity index (χ2n) is 4.95. The average molecular weight is 294 g/mol. The molecule has 4 heteroatoms. The van der Waals surface area contributed by atoms with Crippen LogP contribution < -0.4 is 5.32 Å². The van der Waals surface area contributed by atoms with Gasteiger partial charge < -0.3 is 9.73 Å². The van der Waals surface area contributed by atoms with Gasteiger partial charge in [0.25, 0.3) is 5.91 Å². The Balaban J connectivity index is 2.02. The van der Waals surface area contributed by atoms with Crippen molar-refractivity contribution < 1.29 is 9.21 Å². The molecule has 1 aromatic heterocycles. The lowest BCUT2D eigenvalue weighted by atomic mass is 9.99. The van der Waals surface area contributed by atoms with E-state index >= 15 is 0 Å². The number of hydrogen-bond donors (Lipinski definition) is 1.